The monoisotopic (exact) mass is 270 g/mol. The first-order valence-corrected chi connectivity index (χ1v) is 6.68. The van der Waals surface area contributed by atoms with E-state index in [1.165, 1.54) is 0 Å². The maximum Gasteiger partial charge on any atom is 0.179 e. The quantitative estimate of drug-likeness (QED) is 0.803. The van der Waals surface area contributed by atoms with Gasteiger partial charge in [0.15, 0.2) is 11.5 Å². The molecule has 4 nitrogen and oxygen atoms in total. The van der Waals surface area contributed by atoms with Gasteiger partial charge in [0.1, 0.15) is 0 Å². The van der Waals surface area contributed by atoms with Crippen molar-refractivity contribution in [2.45, 2.75) is 19.4 Å². The molecule has 0 aromatic heterocycles. The number of halogens is 1. The number of ether oxygens (including phenoxy) is 2. The molecule has 0 saturated carbocycles. The highest BCUT2D eigenvalue weighted by atomic mass is 35.5. The van der Waals surface area contributed by atoms with Gasteiger partial charge in [0.05, 0.1) is 18.2 Å². The van der Waals surface area contributed by atoms with Gasteiger partial charge in [0.2, 0.25) is 0 Å². The van der Waals surface area contributed by atoms with E-state index < -0.39 is 0 Å². The zero-order chi connectivity index (χ0) is 12.8. The van der Waals surface area contributed by atoms with Crippen molar-refractivity contribution in [2.75, 3.05) is 26.3 Å². The number of rotatable bonds is 5. The van der Waals surface area contributed by atoms with Crippen LogP contribution in [0.4, 0.5) is 0 Å². The second-order valence-corrected chi connectivity index (χ2v) is 4.68. The summed E-state index contributed by atoms with van der Waals surface area (Å²) in [7, 11) is 0. The van der Waals surface area contributed by atoms with Crippen molar-refractivity contribution in [1.82, 2.24) is 5.32 Å². The summed E-state index contributed by atoms with van der Waals surface area (Å²) in [5, 5.41) is 3.93. The molecule has 0 aliphatic carbocycles. The van der Waals surface area contributed by atoms with Gasteiger partial charge >= 0.3 is 0 Å². The lowest BCUT2D eigenvalue weighted by molar-refractivity contribution is 0.297. The molecule has 2 rings (SSSR count). The van der Waals surface area contributed by atoms with Crippen LogP contribution in [0.15, 0.2) is 12.1 Å². The molecular formula is C13H19ClN2O2. The van der Waals surface area contributed by atoms with E-state index in [9.17, 15) is 0 Å². The summed E-state index contributed by atoms with van der Waals surface area (Å²) in [6.45, 7) is 3.70. The molecule has 1 aromatic rings. The van der Waals surface area contributed by atoms with Crippen molar-refractivity contribution in [1.29, 1.82) is 0 Å². The molecule has 0 unspecified atom stereocenters. The highest BCUT2D eigenvalue weighted by Crippen LogP contribution is 2.37. The lowest BCUT2D eigenvalue weighted by atomic mass is 10.2. The lowest BCUT2D eigenvalue weighted by Gasteiger charge is -2.12. The molecule has 0 bridgehead atoms. The van der Waals surface area contributed by atoms with Crippen LogP contribution >= 0.6 is 11.6 Å². The number of hydrogen-bond acceptors (Lipinski definition) is 4. The van der Waals surface area contributed by atoms with E-state index in [0.29, 0.717) is 30.5 Å². The maximum absolute atomic E-state index is 6.21. The van der Waals surface area contributed by atoms with Crippen molar-refractivity contribution >= 4 is 11.6 Å². The van der Waals surface area contributed by atoms with Crippen LogP contribution in [0, 0.1) is 0 Å². The Bertz CT molecular complexity index is 399. The molecule has 1 aliphatic heterocycles. The molecule has 0 spiro atoms. The van der Waals surface area contributed by atoms with Gasteiger partial charge in [0, 0.05) is 13.0 Å². The van der Waals surface area contributed by atoms with Gasteiger partial charge < -0.3 is 20.5 Å². The number of fused-ring (bicyclic) bond motifs is 1. The molecule has 0 radical (unpaired) electrons. The molecule has 5 heteroatoms. The first-order chi connectivity index (χ1) is 8.81. The van der Waals surface area contributed by atoms with Crippen LogP contribution in [0.3, 0.4) is 0 Å². The standard InChI is InChI=1S/C13H19ClN2O2/c14-11-7-10(9-16-4-1-3-15)8-12-13(11)18-6-2-5-17-12/h7-8,16H,1-6,9,15H2. The van der Waals surface area contributed by atoms with E-state index in [0.717, 1.165) is 37.2 Å². The molecule has 0 saturated heterocycles. The van der Waals surface area contributed by atoms with E-state index in [-0.39, 0.29) is 0 Å². The van der Waals surface area contributed by atoms with Gasteiger partial charge in [-0.15, -0.1) is 0 Å². The van der Waals surface area contributed by atoms with E-state index in [4.69, 9.17) is 26.8 Å². The molecule has 1 aliphatic rings. The number of nitrogens with one attached hydrogen (secondary N) is 1. The summed E-state index contributed by atoms with van der Waals surface area (Å²) in [5.41, 5.74) is 6.54. The summed E-state index contributed by atoms with van der Waals surface area (Å²) in [6.07, 6.45) is 1.85. The Hall–Kier alpha value is -0.970. The van der Waals surface area contributed by atoms with Crippen molar-refractivity contribution in [3.05, 3.63) is 22.7 Å². The number of benzene rings is 1. The fraction of sp³-hybridized carbons (Fsp3) is 0.538. The highest BCUT2D eigenvalue weighted by Gasteiger charge is 2.15. The van der Waals surface area contributed by atoms with Gasteiger partial charge in [-0.05, 0) is 37.2 Å². The van der Waals surface area contributed by atoms with Crippen LogP contribution in [-0.4, -0.2) is 26.3 Å². The molecule has 0 fully saturated rings. The Balaban J connectivity index is 2.04. The van der Waals surface area contributed by atoms with Gasteiger partial charge in [-0.2, -0.15) is 0 Å². The molecule has 0 amide bonds. The second-order valence-electron chi connectivity index (χ2n) is 4.27. The highest BCUT2D eigenvalue weighted by molar-refractivity contribution is 6.32. The largest absolute Gasteiger partial charge is 0.489 e. The third kappa shape index (κ3) is 3.51. The molecule has 1 heterocycles. The summed E-state index contributed by atoms with van der Waals surface area (Å²) in [6, 6.07) is 3.91. The van der Waals surface area contributed by atoms with Gasteiger partial charge in [-0.3, -0.25) is 0 Å². The molecule has 100 valence electrons. The Labute approximate surface area is 112 Å². The van der Waals surface area contributed by atoms with Crippen molar-refractivity contribution in [3.63, 3.8) is 0 Å². The summed E-state index contributed by atoms with van der Waals surface area (Å²) in [5.74, 6) is 1.41. The van der Waals surface area contributed by atoms with Crippen molar-refractivity contribution in [2.24, 2.45) is 5.73 Å². The smallest absolute Gasteiger partial charge is 0.179 e. The summed E-state index contributed by atoms with van der Waals surface area (Å²) < 4.78 is 11.2. The van der Waals surface area contributed by atoms with Gasteiger partial charge in [-0.1, -0.05) is 11.6 Å². The fourth-order valence-electron chi connectivity index (χ4n) is 1.85. The van der Waals surface area contributed by atoms with Gasteiger partial charge in [-0.25, -0.2) is 0 Å². The fourth-order valence-corrected chi connectivity index (χ4v) is 2.13. The zero-order valence-corrected chi connectivity index (χ0v) is 11.1. The Morgan fingerprint density at radius 2 is 2.11 bits per heavy atom. The number of nitrogens with two attached hydrogens (primary N) is 1. The maximum atomic E-state index is 6.21. The Morgan fingerprint density at radius 1 is 1.28 bits per heavy atom. The van der Waals surface area contributed by atoms with Crippen LogP contribution in [-0.2, 0) is 6.54 Å². The lowest BCUT2D eigenvalue weighted by Crippen LogP contribution is -2.17. The van der Waals surface area contributed by atoms with Gasteiger partial charge in [0.25, 0.3) is 0 Å². The SMILES string of the molecule is NCCCNCc1cc(Cl)c2c(c1)OCCCO2. The zero-order valence-electron chi connectivity index (χ0n) is 10.4. The van der Waals surface area contributed by atoms with E-state index >= 15 is 0 Å². The van der Waals surface area contributed by atoms with Crippen LogP contribution in [0.5, 0.6) is 11.5 Å². The first-order valence-electron chi connectivity index (χ1n) is 6.30. The minimum atomic E-state index is 0.616. The Morgan fingerprint density at radius 3 is 2.94 bits per heavy atom. The minimum absolute atomic E-state index is 0.616. The molecular weight excluding hydrogens is 252 g/mol. The third-order valence-corrected chi connectivity index (χ3v) is 3.03. The van der Waals surface area contributed by atoms with E-state index in [1.807, 2.05) is 12.1 Å². The van der Waals surface area contributed by atoms with Crippen molar-refractivity contribution in [3.8, 4) is 11.5 Å². The summed E-state index contributed by atoms with van der Waals surface area (Å²) >= 11 is 6.21. The third-order valence-electron chi connectivity index (χ3n) is 2.75. The average molecular weight is 271 g/mol. The minimum Gasteiger partial charge on any atom is -0.489 e. The second kappa shape index (κ2) is 6.83. The van der Waals surface area contributed by atoms with Crippen LogP contribution in [0.25, 0.3) is 0 Å². The molecule has 1 aromatic carbocycles. The van der Waals surface area contributed by atoms with E-state index in [1.54, 1.807) is 0 Å². The van der Waals surface area contributed by atoms with Crippen LogP contribution in [0.1, 0.15) is 18.4 Å². The molecule has 3 N–H and O–H groups in total. The predicted octanol–water partition coefficient (Wildman–Crippen LogP) is 1.94. The Kier molecular flexibility index (Phi) is 5.11. The van der Waals surface area contributed by atoms with Crippen LogP contribution < -0.4 is 20.5 Å². The normalized spacial score (nSPS) is 14.3. The van der Waals surface area contributed by atoms with E-state index in [2.05, 4.69) is 5.32 Å². The molecule has 0 atom stereocenters. The summed E-state index contributed by atoms with van der Waals surface area (Å²) in [4.78, 5) is 0. The van der Waals surface area contributed by atoms with Crippen molar-refractivity contribution < 1.29 is 9.47 Å². The topological polar surface area (TPSA) is 56.5 Å². The number of hydrogen-bond donors (Lipinski definition) is 2. The average Bonchev–Trinajstić information content (AvgIpc) is 2.60. The van der Waals surface area contributed by atoms with Crippen LogP contribution in [0.2, 0.25) is 5.02 Å². The first kappa shape index (κ1) is 13.5. The predicted molar refractivity (Wildman–Crippen MR) is 72.4 cm³/mol. The molecule has 18 heavy (non-hydrogen) atoms.